The van der Waals surface area contributed by atoms with Crippen molar-refractivity contribution < 1.29 is 9.59 Å². The van der Waals surface area contributed by atoms with E-state index >= 15 is 0 Å². The van der Waals surface area contributed by atoms with Crippen molar-refractivity contribution in [2.75, 3.05) is 12.0 Å². The van der Waals surface area contributed by atoms with Crippen molar-refractivity contribution in [3.63, 3.8) is 0 Å². The lowest BCUT2D eigenvalue weighted by atomic mass is 10.2. The molecule has 2 N–H and O–H groups in total. The van der Waals surface area contributed by atoms with Gasteiger partial charge >= 0.3 is 0 Å². The van der Waals surface area contributed by atoms with Gasteiger partial charge in [-0.05, 0) is 42.4 Å². The third kappa shape index (κ3) is 5.54. The van der Waals surface area contributed by atoms with Crippen LogP contribution in [0.4, 0.5) is 0 Å². The fourth-order valence-corrected chi connectivity index (χ4v) is 2.99. The third-order valence-corrected chi connectivity index (χ3v) is 4.64. The summed E-state index contributed by atoms with van der Waals surface area (Å²) in [6.45, 7) is 4.34. The number of carbonyl (C=O) groups is 2. The predicted molar refractivity (Wildman–Crippen MR) is 86.1 cm³/mol. The first-order chi connectivity index (χ1) is 9.58. The van der Waals surface area contributed by atoms with Gasteiger partial charge < -0.3 is 10.6 Å². The normalized spacial score (nSPS) is 11.9. The Balaban J connectivity index is 2.53. The first-order valence-corrected chi connectivity index (χ1v) is 8.94. The van der Waals surface area contributed by atoms with Crippen LogP contribution < -0.4 is 10.6 Å². The maximum Gasteiger partial charge on any atom is 0.242 e. The van der Waals surface area contributed by atoms with Crippen molar-refractivity contribution in [2.24, 2.45) is 0 Å². The summed E-state index contributed by atoms with van der Waals surface area (Å²) in [4.78, 5) is 24.8. The van der Waals surface area contributed by atoms with Crippen LogP contribution in [0.5, 0.6) is 0 Å². The second-order valence-corrected chi connectivity index (χ2v) is 6.49. The minimum atomic E-state index is -0.435. The molecule has 0 saturated carbocycles. The maximum absolute atomic E-state index is 12.2. The van der Waals surface area contributed by atoms with Crippen LogP contribution in [-0.2, 0) is 16.1 Å². The Bertz CT molecular complexity index is 446. The molecule has 0 aliphatic rings. The second-order valence-electron chi connectivity index (χ2n) is 4.50. The van der Waals surface area contributed by atoms with Gasteiger partial charge in [0.15, 0.2) is 0 Å². The Morgan fingerprint density at radius 2 is 2.20 bits per heavy atom. The van der Waals surface area contributed by atoms with Gasteiger partial charge in [0.25, 0.3) is 0 Å². The molecule has 0 spiro atoms. The molecule has 1 unspecified atom stereocenters. The Kier molecular flexibility index (Phi) is 7.69. The fraction of sp³-hybridized carbons (Fsp3) is 0.571. The fourth-order valence-electron chi connectivity index (χ4n) is 1.68. The van der Waals surface area contributed by atoms with Gasteiger partial charge in [-0.15, -0.1) is 11.3 Å². The number of thiophene rings is 1. The average Bonchev–Trinajstić information content (AvgIpc) is 2.85. The largest absolute Gasteiger partial charge is 0.349 e. The van der Waals surface area contributed by atoms with Crippen molar-refractivity contribution in [3.05, 3.63) is 21.9 Å². The van der Waals surface area contributed by atoms with Gasteiger partial charge in [0.05, 0.1) is 6.54 Å². The van der Waals surface area contributed by atoms with E-state index in [0.717, 1.165) is 10.6 Å². The molecular formula is C14H22N2O2S2. The van der Waals surface area contributed by atoms with E-state index in [4.69, 9.17) is 0 Å². The van der Waals surface area contributed by atoms with Crippen molar-refractivity contribution in [1.29, 1.82) is 0 Å². The first kappa shape index (κ1) is 17.0. The minimum absolute atomic E-state index is 0.0847. The van der Waals surface area contributed by atoms with Crippen molar-refractivity contribution in [1.82, 2.24) is 10.6 Å². The van der Waals surface area contributed by atoms with Crippen molar-refractivity contribution >= 4 is 34.9 Å². The van der Waals surface area contributed by atoms with E-state index in [9.17, 15) is 9.59 Å². The van der Waals surface area contributed by atoms with E-state index in [0.29, 0.717) is 19.4 Å². The van der Waals surface area contributed by atoms with Crippen molar-refractivity contribution in [3.8, 4) is 0 Å². The van der Waals surface area contributed by atoms with Gasteiger partial charge in [-0.2, -0.15) is 11.8 Å². The van der Waals surface area contributed by atoms with E-state index in [1.165, 1.54) is 5.56 Å². The summed E-state index contributed by atoms with van der Waals surface area (Å²) in [6, 6.07) is 1.60. The van der Waals surface area contributed by atoms with Crippen LogP contribution in [0.3, 0.4) is 0 Å². The molecule has 1 atom stereocenters. The molecule has 0 radical (unpaired) electrons. The van der Waals surface area contributed by atoms with Gasteiger partial charge in [-0.1, -0.05) is 6.92 Å². The lowest BCUT2D eigenvalue weighted by Gasteiger charge is -2.17. The maximum atomic E-state index is 12.2. The summed E-state index contributed by atoms with van der Waals surface area (Å²) in [5.41, 5.74) is 1.19. The summed E-state index contributed by atoms with van der Waals surface area (Å²) in [5, 5.41) is 7.71. The topological polar surface area (TPSA) is 58.2 Å². The number of hydrogen-bond donors (Lipinski definition) is 2. The molecule has 1 aromatic heterocycles. The smallest absolute Gasteiger partial charge is 0.242 e. The molecule has 2 amide bonds. The first-order valence-electron chi connectivity index (χ1n) is 6.67. The van der Waals surface area contributed by atoms with Crippen LogP contribution >= 0.6 is 23.1 Å². The van der Waals surface area contributed by atoms with Crippen LogP contribution in [-0.4, -0.2) is 29.9 Å². The second kappa shape index (κ2) is 9.02. The van der Waals surface area contributed by atoms with E-state index in [1.54, 1.807) is 30.0 Å². The molecule has 20 heavy (non-hydrogen) atoms. The molecule has 0 bridgehead atoms. The summed E-state index contributed by atoms with van der Waals surface area (Å²) < 4.78 is 0. The summed E-state index contributed by atoms with van der Waals surface area (Å²) in [6.07, 6.45) is 3.04. The van der Waals surface area contributed by atoms with Gasteiger partial charge in [-0.3, -0.25) is 9.59 Å². The molecule has 6 heteroatoms. The van der Waals surface area contributed by atoms with Crippen LogP contribution in [0.25, 0.3) is 0 Å². The number of carbonyl (C=O) groups excluding carboxylic acids is 2. The highest BCUT2D eigenvalue weighted by Gasteiger charge is 2.19. The van der Waals surface area contributed by atoms with E-state index in [1.807, 2.05) is 24.6 Å². The number of amides is 2. The van der Waals surface area contributed by atoms with E-state index in [2.05, 4.69) is 10.6 Å². The highest BCUT2D eigenvalue weighted by molar-refractivity contribution is 7.98. The Morgan fingerprint density at radius 1 is 1.45 bits per heavy atom. The standard InChI is InChI=1S/C14H22N2O2S2/c1-4-13(17)16-11(6-7-19-3)14(18)15-9-12-10(2)5-8-20-12/h5,8,11H,4,6-7,9H2,1-3H3,(H,15,18)(H,16,17). The van der Waals surface area contributed by atoms with Gasteiger partial charge in [-0.25, -0.2) is 0 Å². The monoisotopic (exact) mass is 314 g/mol. The summed E-state index contributed by atoms with van der Waals surface area (Å²) in [7, 11) is 0. The highest BCUT2D eigenvalue weighted by atomic mass is 32.2. The molecule has 0 aliphatic carbocycles. The zero-order chi connectivity index (χ0) is 15.0. The number of hydrogen-bond acceptors (Lipinski definition) is 4. The predicted octanol–water partition coefficient (Wildman–Crippen LogP) is 2.32. The molecule has 1 heterocycles. The molecule has 4 nitrogen and oxygen atoms in total. The number of thioether (sulfide) groups is 1. The van der Waals surface area contributed by atoms with Crippen LogP contribution in [0, 0.1) is 6.92 Å². The van der Waals surface area contributed by atoms with Crippen LogP contribution in [0.2, 0.25) is 0 Å². The Labute approximate surface area is 128 Å². The van der Waals surface area contributed by atoms with Gasteiger partial charge in [0.1, 0.15) is 6.04 Å². The number of nitrogens with one attached hydrogen (secondary N) is 2. The zero-order valence-corrected chi connectivity index (χ0v) is 13.8. The molecule has 0 fully saturated rings. The lowest BCUT2D eigenvalue weighted by Crippen LogP contribution is -2.46. The quantitative estimate of drug-likeness (QED) is 0.774. The third-order valence-electron chi connectivity index (χ3n) is 2.97. The Morgan fingerprint density at radius 3 is 2.75 bits per heavy atom. The molecule has 0 saturated heterocycles. The van der Waals surface area contributed by atoms with Crippen molar-refractivity contribution in [2.45, 2.75) is 39.3 Å². The van der Waals surface area contributed by atoms with E-state index in [-0.39, 0.29) is 11.8 Å². The Hall–Kier alpha value is -1.01. The lowest BCUT2D eigenvalue weighted by molar-refractivity contribution is -0.129. The number of rotatable bonds is 8. The van der Waals surface area contributed by atoms with Gasteiger partial charge in [0, 0.05) is 11.3 Å². The highest BCUT2D eigenvalue weighted by Crippen LogP contribution is 2.15. The van der Waals surface area contributed by atoms with E-state index < -0.39 is 6.04 Å². The molecule has 0 aliphatic heterocycles. The average molecular weight is 314 g/mol. The van der Waals surface area contributed by atoms with Crippen LogP contribution in [0.1, 0.15) is 30.2 Å². The number of aryl methyl sites for hydroxylation is 1. The molecule has 112 valence electrons. The molecule has 1 aromatic rings. The molecule has 1 rings (SSSR count). The molecule has 0 aromatic carbocycles. The van der Waals surface area contributed by atoms with Gasteiger partial charge in [0.2, 0.25) is 11.8 Å². The van der Waals surface area contributed by atoms with Crippen LogP contribution in [0.15, 0.2) is 11.4 Å². The summed E-state index contributed by atoms with van der Waals surface area (Å²) >= 11 is 3.30. The molecular weight excluding hydrogens is 292 g/mol. The zero-order valence-electron chi connectivity index (χ0n) is 12.2. The SMILES string of the molecule is CCC(=O)NC(CCSC)C(=O)NCc1sccc1C. The minimum Gasteiger partial charge on any atom is -0.349 e. The summed E-state index contributed by atoms with van der Waals surface area (Å²) in [5.74, 6) is 0.660.